The second-order valence-corrected chi connectivity index (χ2v) is 5.46. The van der Waals surface area contributed by atoms with Gasteiger partial charge in [-0.2, -0.15) is 0 Å². The maximum Gasteiger partial charge on any atom is 0.323 e. The average Bonchev–Trinajstić information content (AvgIpc) is 2.63. The maximum absolute atomic E-state index is 12.4. The third kappa shape index (κ3) is 3.70. The van der Waals surface area contributed by atoms with E-state index in [9.17, 15) is 9.59 Å². The molecular weight excluding hydrogens is 220 g/mol. The van der Waals surface area contributed by atoms with Crippen LogP contribution in [0.2, 0.25) is 0 Å². The predicted octanol–water partition coefficient (Wildman–Crippen LogP) is 0.555. The lowest BCUT2D eigenvalue weighted by atomic mass is 9.88. The standard InChI is InChI=1S/C12H22N2O3/c1-9(2)6-14(7-10(15)16)11(17)12(3)4-5-13-8-12/h9,13H,4-8H2,1-3H3,(H,15,16). The number of carbonyl (C=O) groups is 2. The minimum Gasteiger partial charge on any atom is -0.480 e. The highest BCUT2D eigenvalue weighted by Crippen LogP contribution is 2.27. The van der Waals surface area contributed by atoms with Gasteiger partial charge in [-0.15, -0.1) is 0 Å². The number of hydrogen-bond donors (Lipinski definition) is 2. The van der Waals surface area contributed by atoms with Gasteiger partial charge in [-0.3, -0.25) is 9.59 Å². The van der Waals surface area contributed by atoms with E-state index in [-0.39, 0.29) is 18.4 Å². The SMILES string of the molecule is CC(C)CN(CC(=O)O)C(=O)C1(C)CCNC1. The van der Waals surface area contributed by atoms with Crippen LogP contribution in [0.3, 0.4) is 0 Å². The first-order chi connectivity index (χ1) is 7.85. The van der Waals surface area contributed by atoms with Gasteiger partial charge in [-0.05, 0) is 25.8 Å². The van der Waals surface area contributed by atoms with Crippen LogP contribution in [0.1, 0.15) is 27.2 Å². The van der Waals surface area contributed by atoms with Crippen molar-refractivity contribution >= 4 is 11.9 Å². The molecular formula is C12H22N2O3. The summed E-state index contributed by atoms with van der Waals surface area (Å²) in [6.45, 7) is 7.64. The van der Waals surface area contributed by atoms with E-state index in [0.717, 1.165) is 13.0 Å². The van der Waals surface area contributed by atoms with Crippen molar-refractivity contribution in [2.24, 2.45) is 11.3 Å². The molecule has 17 heavy (non-hydrogen) atoms. The van der Waals surface area contributed by atoms with Gasteiger partial charge in [0.05, 0.1) is 5.41 Å². The molecule has 5 heteroatoms. The molecule has 0 aromatic rings. The summed E-state index contributed by atoms with van der Waals surface area (Å²) >= 11 is 0. The molecule has 1 rings (SSSR count). The summed E-state index contributed by atoms with van der Waals surface area (Å²) in [5, 5.41) is 12.0. The van der Waals surface area contributed by atoms with Gasteiger partial charge in [0, 0.05) is 13.1 Å². The van der Waals surface area contributed by atoms with E-state index >= 15 is 0 Å². The quantitative estimate of drug-likeness (QED) is 0.739. The molecule has 1 saturated heterocycles. The third-order valence-corrected chi connectivity index (χ3v) is 3.08. The lowest BCUT2D eigenvalue weighted by Crippen LogP contribution is -2.47. The number of rotatable bonds is 5. The molecule has 1 amide bonds. The molecule has 1 aliphatic rings. The van der Waals surface area contributed by atoms with E-state index in [4.69, 9.17) is 5.11 Å². The first-order valence-electron chi connectivity index (χ1n) is 6.07. The molecule has 1 heterocycles. The monoisotopic (exact) mass is 242 g/mol. The summed E-state index contributed by atoms with van der Waals surface area (Å²) in [5.74, 6) is -0.719. The molecule has 1 aliphatic heterocycles. The highest BCUT2D eigenvalue weighted by molar-refractivity contribution is 5.86. The van der Waals surface area contributed by atoms with Gasteiger partial charge in [0.1, 0.15) is 6.54 Å². The fraction of sp³-hybridized carbons (Fsp3) is 0.833. The molecule has 5 nitrogen and oxygen atoms in total. The molecule has 0 radical (unpaired) electrons. The number of carboxylic acids is 1. The zero-order valence-corrected chi connectivity index (χ0v) is 10.8. The van der Waals surface area contributed by atoms with Crippen LogP contribution >= 0.6 is 0 Å². The Labute approximate surface area is 102 Å². The van der Waals surface area contributed by atoms with Crippen molar-refractivity contribution in [1.29, 1.82) is 0 Å². The number of nitrogens with zero attached hydrogens (tertiary/aromatic N) is 1. The highest BCUT2D eigenvalue weighted by Gasteiger charge is 2.39. The Kier molecular flexibility index (Phi) is 4.51. The fourth-order valence-electron chi connectivity index (χ4n) is 2.20. The minimum absolute atomic E-state index is 0.0430. The van der Waals surface area contributed by atoms with Crippen molar-refractivity contribution in [3.05, 3.63) is 0 Å². The van der Waals surface area contributed by atoms with Gasteiger partial charge >= 0.3 is 5.97 Å². The van der Waals surface area contributed by atoms with E-state index < -0.39 is 11.4 Å². The largest absolute Gasteiger partial charge is 0.480 e. The summed E-state index contributed by atoms with van der Waals surface area (Å²) in [4.78, 5) is 24.6. The van der Waals surface area contributed by atoms with Crippen LogP contribution in [0.25, 0.3) is 0 Å². The Bertz CT molecular complexity index is 296. The highest BCUT2D eigenvalue weighted by atomic mass is 16.4. The number of amides is 1. The lowest BCUT2D eigenvalue weighted by molar-refractivity contribution is -0.149. The van der Waals surface area contributed by atoms with Gasteiger partial charge in [0.15, 0.2) is 0 Å². The second-order valence-electron chi connectivity index (χ2n) is 5.46. The van der Waals surface area contributed by atoms with Crippen LogP contribution in [0.4, 0.5) is 0 Å². The smallest absolute Gasteiger partial charge is 0.323 e. The van der Waals surface area contributed by atoms with E-state index in [0.29, 0.717) is 13.1 Å². The molecule has 0 aliphatic carbocycles. The van der Waals surface area contributed by atoms with Crippen molar-refractivity contribution in [2.75, 3.05) is 26.2 Å². The topological polar surface area (TPSA) is 69.6 Å². The van der Waals surface area contributed by atoms with Crippen molar-refractivity contribution in [3.8, 4) is 0 Å². The Morgan fingerprint density at radius 2 is 2.12 bits per heavy atom. The molecule has 0 aromatic carbocycles. The Morgan fingerprint density at radius 3 is 2.53 bits per heavy atom. The van der Waals surface area contributed by atoms with Crippen LogP contribution in [0.5, 0.6) is 0 Å². The van der Waals surface area contributed by atoms with Gasteiger partial charge in [0.25, 0.3) is 0 Å². The van der Waals surface area contributed by atoms with Crippen LogP contribution in [-0.2, 0) is 9.59 Å². The number of carbonyl (C=O) groups excluding carboxylic acids is 1. The number of aliphatic carboxylic acids is 1. The van der Waals surface area contributed by atoms with Gasteiger partial charge in [-0.25, -0.2) is 0 Å². The number of carboxylic acid groups (broad SMARTS) is 1. The van der Waals surface area contributed by atoms with Gasteiger partial charge in [-0.1, -0.05) is 13.8 Å². The summed E-state index contributed by atoms with van der Waals surface area (Å²) in [7, 11) is 0. The third-order valence-electron chi connectivity index (χ3n) is 3.08. The average molecular weight is 242 g/mol. The maximum atomic E-state index is 12.4. The van der Waals surface area contributed by atoms with Gasteiger partial charge < -0.3 is 15.3 Å². The number of hydrogen-bond acceptors (Lipinski definition) is 3. The fourth-order valence-corrected chi connectivity index (χ4v) is 2.20. The molecule has 1 fully saturated rings. The summed E-state index contributed by atoms with van der Waals surface area (Å²) in [6, 6.07) is 0. The zero-order valence-electron chi connectivity index (χ0n) is 10.8. The Balaban J connectivity index is 2.74. The van der Waals surface area contributed by atoms with Crippen molar-refractivity contribution < 1.29 is 14.7 Å². The van der Waals surface area contributed by atoms with E-state index in [1.165, 1.54) is 4.90 Å². The van der Waals surface area contributed by atoms with Crippen molar-refractivity contribution in [1.82, 2.24) is 10.2 Å². The van der Waals surface area contributed by atoms with Crippen molar-refractivity contribution in [3.63, 3.8) is 0 Å². The first kappa shape index (κ1) is 14.0. The molecule has 1 unspecified atom stereocenters. The molecule has 0 bridgehead atoms. The van der Waals surface area contributed by atoms with Crippen LogP contribution in [0, 0.1) is 11.3 Å². The predicted molar refractivity (Wildman–Crippen MR) is 64.6 cm³/mol. The lowest BCUT2D eigenvalue weighted by Gasteiger charge is -2.31. The molecule has 1 atom stereocenters. The van der Waals surface area contributed by atoms with Gasteiger partial charge in [0.2, 0.25) is 5.91 Å². The molecule has 0 saturated carbocycles. The summed E-state index contributed by atoms with van der Waals surface area (Å²) in [6.07, 6.45) is 0.778. The zero-order chi connectivity index (χ0) is 13.1. The summed E-state index contributed by atoms with van der Waals surface area (Å²) < 4.78 is 0. The van der Waals surface area contributed by atoms with E-state index in [1.807, 2.05) is 20.8 Å². The van der Waals surface area contributed by atoms with Crippen molar-refractivity contribution in [2.45, 2.75) is 27.2 Å². The molecule has 0 aromatic heterocycles. The molecule has 98 valence electrons. The normalized spacial score (nSPS) is 24.0. The molecule has 2 N–H and O–H groups in total. The summed E-state index contributed by atoms with van der Waals surface area (Å²) in [5.41, 5.74) is -0.440. The Hall–Kier alpha value is -1.10. The first-order valence-corrected chi connectivity index (χ1v) is 6.07. The minimum atomic E-state index is -0.950. The van der Waals surface area contributed by atoms with E-state index in [2.05, 4.69) is 5.32 Å². The second kappa shape index (κ2) is 5.49. The van der Waals surface area contributed by atoms with E-state index in [1.54, 1.807) is 0 Å². The van der Waals surface area contributed by atoms with Crippen LogP contribution in [-0.4, -0.2) is 48.1 Å². The van der Waals surface area contributed by atoms with Crippen LogP contribution < -0.4 is 5.32 Å². The molecule has 0 spiro atoms. The Morgan fingerprint density at radius 1 is 1.47 bits per heavy atom. The number of nitrogens with one attached hydrogen (secondary N) is 1. The van der Waals surface area contributed by atoms with Crippen LogP contribution in [0.15, 0.2) is 0 Å².